The molecule has 86 valence electrons. The molecule has 1 rings (SSSR count). The summed E-state index contributed by atoms with van der Waals surface area (Å²) in [5, 5.41) is 0. The quantitative estimate of drug-likeness (QED) is 0.673. The van der Waals surface area contributed by atoms with E-state index in [0.29, 0.717) is 19.4 Å². The molecule has 0 aliphatic heterocycles. The molecule has 0 saturated heterocycles. The van der Waals surface area contributed by atoms with Crippen molar-refractivity contribution in [3.63, 3.8) is 0 Å². The number of carbonyl (C=O) groups is 2. The van der Waals surface area contributed by atoms with Crippen molar-refractivity contribution in [2.24, 2.45) is 17.3 Å². The van der Waals surface area contributed by atoms with E-state index in [1.54, 1.807) is 6.92 Å². The monoisotopic (exact) mass is 212 g/mol. The number of esters is 1. The summed E-state index contributed by atoms with van der Waals surface area (Å²) < 4.78 is 4.93. The first-order valence-corrected chi connectivity index (χ1v) is 5.57. The normalized spacial score (nSPS) is 29.2. The number of ketones is 1. The Morgan fingerprint density at radius 2 is 2.13 bits per heavy atom. The van der Waals surface area contributed by atoms with Gasteiger partial charge >= 0.3 is 5.97 Å². The highest BCUT2D eigenvalue weighted by Gasteiger charge is 2.46. The summed E-state index contributed by atoms with van der Waals surface area (Å²) in [6.45, 7) is 8.23. The maximum Gasteiger partial charge on any atom is 0.306 e. The summed E-state index contributed by atoms with van der Waals surface area (Å²) in [7, 11) is 0. The van der Waals surface area contributed by atoms with Gasteiger partial charge in [-0.1, -0.05) is 20.8 Å². The van der Waals surface area contributed by atoms with E-state index in [1.165, 1.54) is 0 Å². The van der Waals surface area contributed by atoms with Crippen molar-refractivity contribution in [1.29, 1.82) is 0 Å². The van der Waals surface area contributed by atoms with E-state index in [0.717, 1.165) is 0 Å². The number of hydrogen-bond acceptors (Lipinski definition) is 3. The second-order valence-corrected chi connectivity index (χ2v) is 5.04. The topological polar surface area (TPSA) is 43.4 Å². The molecule has 3 heteroatoms. The predicted octanol–water partition coefficient (Wildman–Crippen LogP) is 2.19. The maximum atomic E-state index is 11.6. The molecule has 15 heavy (non-hydrogen) atoms. The van der Waals surface area contributed by atoms with Crippen LogP contribution < -0.4 is 0 Å². The number of carbonyl (C=O) groups excluding carboxylic acids is 2. The van der Waals surface area contributed by atoms with E-state index >= 15 is 0 Å². The molecule has 1 saturated carbocycles. The molecule has 0 spiro atoms. The van der Waals surface area contributed by atoms with Crippen LogP contribution in [-0.4, -0.2) is 18.4 Å². The third kappa shape index (κ3) is 2.58. The lowest BCUT2D eigenvalue weighted by atomic mass is 9.77. The average Bonchev–Trinajstić information content (AvgIpc) is 2.29. The lowest BCUT2D eigenvalue weighted by Gasteiger charge is -2.27. The molecule has 1 aliphatic carbocycles. The molecule has 0 amide bonds. The van der Waals surface area contributed by atoms with Crippen LogP contribution in [0, 0.1) is 17.3 Å². The maximum absolute atomic E-state index is 11.6. The van der Waals surface area contributed by atoms with Gasteiger partial charge in [0.25, 0.3) is 0 Å². The van der Waals surface area contributed by atoms with Crippen LogP contribution in [0.25, 0.3) is 0 Å². The first-order chi connectivity index (χ1) is 6.88. The van der Waals surface area contributed by atoms with Crippen molar-refractivity contribution < 1.29 is 14.3 Å². The zero-order valence-electron chi connectivity index (χ0n) is 10.0. The van der Waals surface area contributed by atoms with Gasteiger partial charge in [0.05, 0.1) is 6.61 Å². The highest BCUT2D eigenvalue weighted by atomic mass is 16.5. The second-order valence-electron chi connectivity index (χ2n) is 5.04. The fourth-order valence-electron chi connectivity index (χ4n) is 2.49. The van der Waals surface area contributed by atoms with Crippen LogP contribution >= 0.6 is 0 Å². The van der Waals surface area contributed by atoms with Gasteiger partial charge < -0.3 is 4.74 Å². The molecule has 2 unspecified atom stereocenters. The number of hydrogen-bond donors (Lipinski definition) is 0. The smallest absolute Gasteiger partial charge is 0.306 e. The zero-order valence-corrected chi connectivity index (χ0v) is 10.0. The predicted molar refractivity (Wildman–Crippen MR) is 57.3 cm³/mol. The lowest BCUT2D eigenvalue weighted by molar-refractivity contribution is -0.145. The van der Waals surface area contributed by atoms with Gasteiger partial charge in [0.2, 0.25) is 0 Å². The molecule has 0 aromatic heterocycles. The van der Waals surface area contributed by atoms with E-state index in [-0.39, 0.29) is 29.0 Å². The molecule has 0 aromatic rings. The number of ether oxygens (including phenoxy) is 1. The molecule has 0 bridgehead atoms. The summed E-state index contributed by atoms with van der Waals surface area (Å²) in [6, 6.07) is 0. The SMILES string of the molecule is CCOC(=O)CC1C(C)C(=O)CC1(C)C. The van der Waals surface area contributed by atoms with Crippen LogP contribution in [0.4, 0.5) is 0 Å². The molecule has 0 radical (unpaired) electrons. The van der Waals surface area contributed by atoms with E-state index in [2.05, 4.69) is 13.8 Å². The van der Waals surface area contributed by atoms with Gasteiger partial charge in [-0.15, -0.1) is 0 Å². The van der Waals surface area contributed by atoms with Gasteiger partial charge in [-0.05, 0) is 18.3 Å². The zero-order chi connectivity index (χ0) is 11.6. The van der Waals surface area contributed by atoms with Crippen molar-refractivity contribution in [2.75, 3.05) is 6.61 Å². The molecule has 1 aliphatic rings. The molecular formula is C12H20O3. The van der Waals surface area contributed by atoms with Gasteiger partial charge in [-0.3, -0.25) is 9.59 Å². The molecular weight excluding hydrogens is 192 g/mol. The Kier molecular flexibility index (Phi) is 3.53. The highest BCUT2D eigenvalue weighted by molar-refractivity contribution is 5.85. The van der Waals surface area contributed by atoms with Crippen molar-refractivity contribution in [1.82, 2.24) is 0 Å². The van der Waals surface area contributed by atoms with Crippen LogP contribution in [-0.2, 0) is 14.3 Å². The molecule has 2 atom stereocenters. The van der Waals surface area contributed by atoms with Gasteiger partial charge in [-0.25, -0.2) is 0 Å². The Balaban J connectivity index is 2.67. The van der Waals surface area contributed by atoms with E-state index in [1.807, 2.05) is 6.92 Å². The molecule has 0 heterocycles. The van der Waals surface area contributed by atoms with E-state index in [9.17, 15) is 9.59 Å². The number of Topliss-reactive ketones (excluding diaryl/α,β-unsaturated/α-hetero) is 1. The van der Waals surface area contributed by atoms with Gasteiger partial charge in [0.1, 0.15) is 5.78 Å². The first kappa shape index (κ1) is 12.2. The van der Waals surface area contributed by atoms with Crippen molar-refractivity contribution >= 4 is 11.8 Å². The van der Waals surface area contributed by atoms with Gasteiger partial charge in [0.15, 0.2) is 0 Å². The number of rotatable bonds is 3. The average molecular weight is 212 g/mol. The summed E-state index contributed by atoms with van der Waals surface area (Å²) in [6.07, 6.45) is 0.950. The Bertz CT molecular complexity index is 268. The van der Waals surface area contributed by atoms with Crippen LogP contribution in [0.2, 0.25) is 0 Å². The minimum Gasteiger partial charge on any atom is -0.466 e. The summed E-state index contributed by atoms with van der Waals surface area (Å²) >= 11 is 0. The molecule has 0 N–H and O–H groups in total. The Hall–Kier alpha value is -0.860. The third-order valence-electron chi connectivity index (χ3n) is 3.44. The van der Waals surface area contributed by atoms with Crippen LogP contribution in [0.3, 0.4) is 0 Å². The summed E-state index contributed by atoms with van der Waals surface area (Å²) in [5.74, 6) is 0.208. The Labute approximate surface area is 91.2 Å². The summed E-state index contributed by atoms with van der Waals surface area (Å²) in [5.41, 5.74) is -0.0662. The first-order valence-electron chi connectivity index (χ1n) is 5.57. The third-order valence-corrected chi connectivity index (χ3v) is 3.44. The van der Waals surface area contributed by atoms with Gasteiger partial charge in [0, 0.05) is 18.8 Å². The minimum absolute atomic E-state index is 0.00981. The van der Waals surface area contributed by atoms with Gasteiger partial charge in [-0.2, -0.15) is 0 Å². The van der Waals surface area contributed by atoms with Crippen LogP contribution in [0.15, 0.2) is 0 Å². The fraction of sp³-hybridized carbons (Fsp3) is 0.833. The standard InChI is InChI=1S/C12H20O3/c1-5-15-11(14)6-9-8(2)10(13)7-12(9,3)4/h8-9H,5-7H2,1-4H3. The van der Waals surface area contributed by atoms with Crippen molar-refractivity contribution in [3.05, 3.63) is 0 Å². The van der Waals surface area contributed by atoms with Crippen molar-refractivity contribution in [3.8, 4) is 0 Å². The second kappa shape index (κ2) is 4.33. The summed E-state index contributed by atoms with van der Waals surface area (Å²) in [4.78, 5) is 23.0. The van der Waals surface area contributed by atoms with E-state index < -0.39 is 0 Å². The van der Waals surface area contributed by atoms with Crippen molar-refractivity contribution in [2.45, 2.75) is 40.5 Å². The molecule has 1 fully saturated rings. The van der Waals surface area contributed by atoms with Crippen LogP contribution in [0.1, 0.15) is 40.5 Å². The minimum atomic E-state index is -0.183. The Morgan fingerprint density at radius 3 is 2.53 bits per heavy atom. The highest BCUT2D eigenvalue weighted by Crippen LogP contribution is 2.46. The van der Waals surface area contributed by atoms with Crippen LogP contribution in [0.5, 0.6) is 0 Å². The molecule has 3 nitrogen and oxygen atoms in total. The Morgan fingerprint density at radius 1 is 1.53 bits per heavy atom. The fourth-order valence-corrected chi connectivity index (χ4v) is 2.49. The van der Waals surface area contributed by atoms with E-state index in [4.69, 9.17) is 4.74 Å². The largest absolute Gasteiger partial charge is 0.466 e. The molecule has 0 aromatic carbocycles. The lowest BCUT2D eigenvalue weighted by Crippen LogP contribution is -2.25.